The number of H-pyrrole nitrogens is 1. The monoisotopic (exact) mass is 271 g/mol. The minimum atomic E-state index is -4.65. The zero-order chi connectivity index (χ0) is 14.2. The van der Waals surface area contributed by atoms with Gasteiger partial charge in [0, 0.05) is 11.6 Å². The van der Waals surface area contributed by atoms with Gasteiger partial charge in [-0.25, -0.2) is 4.39 Å². The molecule has 0 aliphatic rings. The van der Waals surface area contributed by atoms with Crippen molar-refractivity contribution in [3.05, 3.63) is 57.6 Å². The number of aromatic amines is 1. The number of alkyl halides is 3. The first-order chi connectivity index (χ1) is 8.77. The topological polar surface area (TPSA) is 32.9 Å². The molecule has 0 saturated carbocycles. The van der Waals surface area contributed by atoms with Gasteiger partial charge in [0.1, 0.15) is 5.82 Å². The lowest BCUT2D eigenvalue weighted by atomic mass is 10.1. The summed E-state index contributed by atoms with van der Waals surface area (Å²) in [5.41, 5.74) is -1.61. The third-order valence-corrected chi connectivity index (χ3v) is 2.58. The van der Waals surface area contributed by atoms with E-state index >= 15 is 0 Å². The number of halogens is 4. The van der Waals surface area contributed by atoms with Crippen LogP contribution in [0.4, 0.5) is 17.6 Å². The molecular formula is C13H9F4NO. The number of nitrogens with one attached hydrogen (secondary N) is 1. The van der Waals surface area contributed by atoms with Gasteiger partial charge >= 0.3 is 6.18 Å². The molecule has 100 valence electrons. The summed E-state index contributed by atoms with van der Waals surface area (Å²) >= 11 is 0. The van der Waals surface area contributed by atoms with Gasteiger partial charge in [0.15, 0.2) is 0 Å². The fourth-order valence-electron chi connectivity index (χ4n) is 1.70. The maximum Gasteiger partial charge on any atom is 0.416 e. The van der Waals surface area contributed by atoms with E-state index in [2.05, 4.69) is 4.98 Å². The van der Waals surface area contributed by atoms with Crippen molar-refractivity contribution in [1.82, 2.24) is 4.98 Å². The molecule has 1 N–H and O–H groups in total. The summed E-state index contributed by atoms with van der Waals surface area (Å²) in [6, 6.07) is 5.17. The average molecular weight is 271 g/mol. The predicted octanol–water partition coefficient (Wildman–Crippen LogP) is 3.51. The molecule has 0 radical (unpaired) electrons. The smallest absolute Gasteiger partial charge is 0.322 e. The zero-order valence-electron chi connectivity index (χ0n) is 9.81. The van der Waals surface area contributed by atoms with E-state index in [0.717, 1.165) is 12.1 Å². The largest absolute Gasteiger partial charge is 0.416 e. The third-order valence-electron chi connectivity index (χ3n) is 2.58. The minimum absolute atomic E-state index is 0.0665. The number of hydrogen-bond acceptors (Lipinski definition) is 1. The SMILES string of the molecule is Cc1ccc(F)c(-c2cc(C(F)(F)F)cc(=O)[nH]2)c1. The lowest BCUT2D eigenvalue weighted by Crippen LogP contribution is -2.14. The minimum Gasteiger partial charge on any atom is -0.322 e. The van der Waals surface area contributed by atoms with Gasteiger partial charge in [-0.2, -0.15) is 13.2 Å². The normalized spacial score (nSPS) is 11.6. The first-order valence-corrected chi connectivity index (χ1v) is 5.35. The van der Waals surface area contributed by atoms with Crippen LogP contribution in [0.1, 0.15) is 11.1 Å². The molecule has 0 spiro atoms. The predicted molar refractivity (Wildman–Crippen MR) is 62.2 cm³/mol. The van der Waals surface area contributed by atoms with Crippen LogP contribution in [-0.2, 0) is 6.18 Å². The fraction of sp³-hybridized carbons (Fsp3) is 0.154. The first-order valence-electron chi connectivity index (χ1n) is 5.35. The molecule has 1 aromatic heterocycles. The van der Waals surface area contributed by atoms with Gasteiger partial charge in [-0.1, -0.05) is 11.6 Å². The average Bonchev–Trinajstić information content (AvgIpc) is 2.30. The van der Waals surface area contributed by atoms with Crippen molar-refractivity contribution in [1.29, 1.82) is 0 Å². The highest BCUT2D eigenvalue weighted by Crippen LogP contribution is 2.31. The molecule has 0 atom stereocenters. The van der Waals surface area contributed by atoms with Gasteiger partial charge in [-0.3, -0.25) is 4.79 Å². The number of aryl methyl sites for hydroxylation is 1. The summed E-state index contributed by atoms with van der Waals surface area (Å²) in [6.45, 7) is 1.68. The molecule has 19 heavy (non-hydrogen) atoms. The molecule has 0 bridgehead atoms. The highest BCUT2D eigenvalue weighted by Gasteiger charge is 2.31. The number of rotatable bonds is 1. The Morgan fingerprint density at radius 2 is 1.79 bits per heavy atom. The van der Waals surface area contributed by atoms with Crippen molar-refractivity contribution in [2.24, 2.45) is 0 Å². The maximum atomic E-state index is 13.6. The van der Waals surface area contributed by atoms with E-state index in [1.807, 2.05) is 0 Å². The van der Waals surface area contributed by atoms with Crippen LogP contribution in [0.5, 0.6) is 0 Å². The van der Waals surface area contributed by atoms with E-state index < -0.39 is 23.1 Å². The van der Waals surface area contributed by atoms with Crippen molar-refractivity contribution >= 4 is 0 Å². The van der Waals surface area contributed by atoms with Crippen LogP contribution >= 0.6 is 0 Å². The Kier molecular flexibility index (Phi) is 3.18. The molecule has 0 amide bonds. The summed E-state index contributed by atoms with van der Waals surface area (Å²) in [4.78, 5) is 13.5. The molecule has 0 aliphatic carbocycles. The summed E-state index contributed by atoms with van der Waals surface area (Å²) in [5, 5.41) is 0. The van der Waals surface area contributed by atoms with Crippen molar-refractivity contribution < 1.29 is 17.6 Å². The summed E-state index contributed by atoms with van der Waals surface area (Å²) in [5.74, 6) is -0.694. The molecule has 6 heteroatoms. The summed E-state index contributed by atoms with van der Waals surface area (Å²) < 4.78 is 51.4. The van der Waals surface area contributed by atoms with Crippen LogP contribution in [-0.4, -0.2) is 4.98 Å². The maximum absolute atomic E-state index is 13.6. The van der Waals surface area contributed by atoms with Gasteiger partial charge in [-0.05, 0) is 25.1 Å². The van der Waals surface area contributed by atoms with Gasteiger partial charge in [0.25, 0.3) is 0 Å². The summed E-state index contributed by atoms with van der Waals surface area (Å²) in [7, 11) is 0. The Bertz CT molecular complexity index is 673. The van der Waals surface area contributed by atoms with E-state index in [0.29, 0.717) is 11.6 Å². The molecule has 0 fully saturated rings. The molecule has 0 aliphatic heterocycles. The Morgan fingerprint density at radius 3 is 2.42 bits per heavy atom. The molecular weight excluding hydrogens is 262 g/mol. The van der Waals surface area contributed by atoms with Gasteiger partial charge in [0.05, 0.1) is 11.3 Å². The standard InChI is InChI=1S/C13H9F4NO/c1-7-2-3-10(14)9(4-7)11-5-8(13(15,16)17)6-12(19)18-11/h2-6H,1H3,(H,18,19). The Balaban J connectivity index is 2.66. The van der Waals surface area contributed by atoms with Crippen LogP contribution in [0.15, 0.2) is 35.1 Å². The molecule has 1 aromatic carbocycles. The second-order valence-corrected chi connectivity index (χ2v) is 4.13. The molecule has 0 unspecified atom stereocenters. The van der Waals surface area contributed by atoms with Gasteiger partial charge in [0.2, 0.25) is 5.56 Å². The van der Waals surface area contributed by atoms with Crippen LogP contribution < -0.4 is 5.56 Å². The Morgan fingerprint density at radius 1 is 1.11 bits per heavy atom. The lowest BCUT2D eigenvalue weighted by molar-refractivity contribution is -0.137. The van der Waals surface area contributed by atoms with Crippen LogP contribution in [0.25, 0.3) is 11.3 Å². The lowest BCUT2D eigenvalue weighted by Gasteiger charge is -2.09. The molecule has 1 heterocycles. The summed E-state index contributed by atoms with van der Waals surface area (Å²) in [6.07, 6.45) is -4.65. The molecule has 2 rings (SSSR count). The number of hydrogen-bond donors (Lipinski definition) is 1. The second-order valence-electron chi connectivity index (χ2n) is 4.13. The number of aromatic nitrogens is 1. The van der Waals surface area contributed by atoms with Crippen molar-refractivity contribution in [2.75, 3.05) is 0 Å². The highest BCUT2D eigenvalue weighted by molar-refractivity contribution is 5.61. The van der Waals surface area contributed by atoms with E-state index in [1.165, 1.54) is 12.1 Å². The highest BCUT2D eigenvalue weighted by atomic mass is 19.4. The van der Waals surface area contributed by atoms with E-state index in [4.69, 9.17) is 0 Å². The van der Waals surface area contributed by atoms with E-state index in [-0.39, 0.29) is 11.3 Å². The number of pyridine rings is 1. The van der Waals surface area contributed by atoms with Crippen molar-refractivity contribution in [2.45, 2.75) is 13.1 Å². The van der Waals surface area contributed by atoms with Crippen LogP contribution in [0, 0.1) is 12.7 Å². The Hall–Kier alpha value is -2.11. The van der Waals surface area contributed by atoms with E-state index in [1.54, 1.807) is 6.92 Å². The first kappa shape index (κ1) is 13.3. The fourth-order valence-corrected chi connectivity index (χ4v) is 1.70. The van der Waals surface area contributed by atoms with Crippen molar-refractivity contribution in [3.63, 3.8) is 0 Å². The molecule has 2 nitrogen and oxygen atoms in total. The van der Waals surface area contributed by atoms with Crippen molar-refractivity contribution in [3.8, 4) is 11.3 Å². The van der Waals surface area contributed by atoms with Gasteiger partial charge < -0.3 is 4.98 Å². The van der Waals surface area contributed by atoms with Crippen LogP contribution in [0.2, 0.25) is 0 Å². The second kappa shape index (κ2) is 4.53. The Labute approximate surface area is 105 Å². The molecule has 2 aromatic rings. The van der Waals surface area contributed by atoms with Crippen LogP contribution in [0.3, 0.4) is 0 Å². The quantitative estimate of drug-likeness (QED) is 0.791. The van der Waals surface area contributed by atoms with E-state index in [9.17, 15) is 22.4 Å². The van der Waals surface area contributed by atoms with Gasteiger partial charge in [-0.15, -0.1) is 0 Å². The number of benzene rings is 1. The molecule has 0 saturated heterocycles. The third kappa shape index (κ3) is 2.83. The zero-order valence-corrected chi connectivity index (χ0v) is 9.81.